The summed E-state index contributed by atoms with van der Waals surface area (Å²) >= 11 is 0. The molecule has 0 aliphatic rings. The number of nitrogens with zero attached hydrogens (tertiary/aromatic N) is 1. The van der Waals surface area contributed by atoms with Crippen molar-refractivity contribution in [3.05, 3.63) is 42.2 Å². The van der Waals surface area contributed by atoms with Gasteiger partial charge in [0.25, 0.3) is 0 Å². The second-order valence-electron chi connectivity index (χ2n) is 4.75. The minimum atomic E-state index is 0.209. The molecule has 0 atom stereocenters. The Balaban J connectivity index is 2.90. The van der Waals surface area contributed by atoms with Gasteiger partial charge < -0.3 is 10.6 Å². The fourth-order valence-corrected chi connectivity index (χ4v) is 1.41. The molecular formula is C13H20N2. The van der Waals surface area contributed by atoms with Crippen molar-refractivity contribution in [2.75, 3.05) is 11.9 Å². The van der Waals surface area contributed by atoms with E-state index in [-0.39, 0.29) is 5.41 Å². The monoisotopic (exact) mass is 204 g/mol. The standard InChI is InChI=1S/C13H20N2/c1-13(2,3)11-5-7-12(8-6-11)15(4)10-9-14/h5-10H,14H2,1-4H3/b10-9-. The number of hydrogen-bond donors (Lipinski definition) is 1. The molecule has 0 unspecified atom stereocenters. The summed E-state index contributed by atoms with van der Waals surface area (Å²) in [4.78, 5) is 1.99. The predicted molar refractivity (Wildman–Crippen MR) is 66.9 cm³/mol. The summed E-state index contributed by atoms with van der Waals surface area (Å²) in [6, 6.07) is 8.55. The van der Waals surface area contributed by atoms with Gasteiger partial charge in [0.1, 0.15) is 0 Å². The second-order valence-corrected chi connectivity index (χ2v) is 4.75. The molecule has 15 heavy (non-hydrogen) atoms. The third-order valence-electron chi connectivity index (χ3n) is 2.45. The highest BCUT2D eigenvalue weighted by atomic mass is 15.1. The first-order valence-corrected chi connectivity index (χ1v) is 5.17. The lowest BCUT2D eigenvalue weighted by Gasteiger charge is -2.20. The molecule has 2 nitrogen and oxygen atoms in total. The molecule has 1 aromatic rings. The van der Waals surface area contributed by atoms with E-state index in [2.05, 4.69) is 45.0 Å². The minimum absolute atomic E-state index is 0.209. The van der Waals surface area contributed by atoms with Crippen LogP contribution in [0.4, 0.5) is 5.69 Å². The van der Waals surface area contributed by atoms with Gasteiger partial charge in [0.15, 0.2) is 0 Å². The van der Waals surface area contributed by atoms with Gasteiger partial charge >= 0.3 is 0 Å². The first kappa shape index (κ1) is 11.6. The van der Waals surface area contributed by atoms with Crippen LogP contribution in [0.25, 0.3) is 0 Å². The van der Waals surface area contributed by atoms with Gasteiger partial charge in [-0.1, -0.05) is 32.9 Å². The smallest absolute Gasteiger partial charge is 0.0404 e. The number of nitrogens with two attached hydrogens (primary N) is 1. The van der Waals surface area contributed by atoms with Crippen LogP contribution in [0.3, 0.4) is 0 Å². The molecule has 2 heteroatoms. The van der Waals surface area contributed by atoms with E-state index in [1.54, 1.807) is 0 Å². The van der Waals surface area contributed by atoms with Crippen molar-refractivity contribution in [3.63, 3.8) is 0 Å². The summed E-state index contributed by atoms with van der Waals surface area (Å²) in [6.07, 6.45) is 3.38. The zero-order chi connectivity index (χ0) is 11.5. The minimum Gasteiger partial charge on any atom is -0.403 e. The average Bonchev–Trinajstić information content (AvgIpc) is 2.17. The lowest BCUT2D eigenvalue weighted by atomic mass is 9.87. The molecule has 2 N–H and O–H groups in total. The Bertz CT molecular complexity index is 331. The predicted octanol–water partition coefficient (Wildman–Crippen LogP) is 2.85. The first-order chi connectivity index (χ1) is 6.95. The van der Waals surface area contributed by atoms with Gasteiger partial charge in [-0.2, -0.15) is 0 Å². The molecule has 0 aliphatic heterocycles. The quantitative estimate of drug-likeness (QED) is 0.802. The van der Waals surface area contributed by atoms with Crippen LogP contribution in [0.5, 0.6) is 0 Å². The van der Waals surface area contributed by atoms with Crippen molar-refractivity contribution < 1.29 is 0 Å². The highest BCUT2D eigenvalue weighted by Crippen LogP contribution is 2.24. The summed E-state index contributed by atoms with van der Waals surface area (Å²) in [5.41, 5.74) is 8.04. The van der Waals surface area contributed by atoms with Crippen LogP contribution in [0, 0.1) is 0 Å². The van der Waals surface area contributed by atoms with E-state index in [4.69, 9.17) is 5.73 Å². The number of rotatable bonds is 2. The third kappa shape index (κ3) is 3.01. The molecule has 0 spiro atoms. The van der Waals surface area contributed by atoms with Gasteiger partial charge in [0.2, 0.25) is 0 Å². The lowest BCUT2D eigenvalue weighted by Crippen LogP contribution is -2.12. The summed E-state index contributed by atoms with van der Waals surface area (Å²) < 4.78 is 0. The molecular weight excluding hydrogens is 184 g/mol. The maximum absolute atomic E-state index is 5.34. The largest absolute Gasteiger partial charge is 0.403 e. The van der Waals surface area contributed by atoms with Gasteiger partial charge in [-0.05, 0) is 23.1 Å². The molecule has 0 bridgehead atoms. The zero-order valence-electron chi connectivity index (χ0n) is 9.99. The molecule has 82 valence electrons. The Kier molecular flexibility index (Phi) is 3.40. The topological polar surface area (TPSA) is 29.3 Å². The summed E-state index contributed by atoms with van der Waals surface area (Å²) in [5, 5.41) is 0. The maximum Gasteiger partial charge on any atom is 0.0404 e. The van der Waals surface area contributed by atoms with Crippen LogP contribution >= 0.6 is 0 Å². The summed E-state index contributed by atoms with van der Waals surface area (Å²) in [6.45, 7) is 6.64. The van der Waals surface area contributed by atoms with Crippen LogP contribution < -0.4 is 10.6 Å². The number of hydrogen-bond acceptors (Lipinski definition) is 2. The van der Waals surface area contributed by atoms with Crippen molar-refractivity contribution in [2.45, 2.75) is 26.2 Å². The van der Waals surface area contributed by atoms with Crippen molar-refractivity contribution in [1.82, 2.24) is 0 Å². The van der Waals surface area contributed by atoms with Crippen LogP contribution in [-0.2, 0) is 5.41 Å². The lowest BCUT2D eigenvalue weighted by molar-refractivity contribution is 0.590. The van der Waals surface area contributed by atoms with E-state index >= 15 is 0 Å². The molecule has 0 aromatic heterocycles. The van der Waals surface area contributed by atoms with Crippen molar-refractivity contribution >= 4 is 5.69 Å². The Morgan fingerprint density at radius 2 is 1.67 bits per heavy atom. The van der Waals surface area contributed by atoms with Gasteiger partial charge in [0.05, 0.1) is 0 Å². The van der Waals surface area contributed by atoms with Gasteiger partial charge in [-0.15, -0.1) is 0 Å². The van der Waals surface area contributed by atoms with E-state index < -0.39 is 0 Å². The molecule has 0 saturated heterocycles. The highest BCUT2D eigenvalue weighted by Gasteiger charge is 2.12. The first-order valence-electron chi connectivity index (χ1n) is 5.17. The molecule has 0 fully saturated rings. The second kappa shape index (κ2) is 4.39. The van der Waals surface area contributed by atoms with Gasteiger partial charge in [0, 0.05) is 25.1 Å². The van der Waals surface area contributed by atoms with Gasteiger partial charge in [-0.3, -0.25) is 0 Å². The SMILES string of the molecule is CN(/C=C\N)c1ccc(C(C)(C)C)cc1. The van der Waals surface area contributed by atoms with Gasteiger partial charge in [-0.25, -0.2) is 0 Å². The van der Waals surface area contributed by atoms with E-state index in [9.17, 15) is 0 Å². The van der Waals surface area contributed by atoms with Crippen LogP contribution in [0.1, 0.15) is 26.3 Å². The fraction of sp³-hybridized carbons (Fsp3) is 0.385. The Morgan fingerprint density at radius 1 is 1.13 bits per heavy atom. The zero-order valence-corrected chi connectivity index (χ0v) is 9.99. The summed E-state index contributed by atoms with van der Waals surface area (Å²) in [7, 11) is 1.98. The van der Waals surface area contributed by atoms with Crippen LogP contribution in [0.2, 0.25) is 0 Å². The average molecular weight is 204 g/mol. The third-order valence-corrected chi connectivity index (χ3v) is 2.45. The van der Waals surface area contributed by atoms with Crippen molar-refractivity contribution in [1.29, 1.82) is 0 Å². The van der Waals surface area contributed by atoms with E-state index in [1.807, 2.05) is 18.1 Å². The normalized spacial score (nSPS) is 12.0. The maximum atomic E-state index is 5.34. The highest BCUT2D eigenvalue weighted by molar-refractivity contribution is 5.50. The molecule has 0 aliphatic carbocycles. The van der Waals surface area contributed by atoms with E-state index in [1.165, 1.54) is 11.8 Å². The van der Waals surface area contributed by atoms with E-state index in [0.717, 1.165) is 5.69 Å². The molecule has 1 rings (SSSR count). The molecule has 1 aromatic carbocycles. The van der Waals surface area contributed by atoms with Crippen molar-refractivity contribution in [2.24, 2.45) is 5.73 Å². The fourth-order valence-electron chi connectivity index (χ4n) is 1.41. The van der Waals surface area contributed by atoms with Crippen LogP contribution in [-0.4, -0.2) is 7.05 Å². The Morgan fingerprint density at radius 3 is 2.07 bits per heavy atom. The molecule has 0 saturated carbocycles. The Hall–Kier alpha value is -1.44. The molecule has 0 radical (unpaired) electrons. The molecule has 0 heterocycles. The molecule has 0 amide bonds. The van der Waals surface area contributed by atoms with E-state index in [0.29, 0.717) is 0 Å². The summed E-state index contributed by atoms with van der Waals surface area (Å²) in [5.74, 6) is 0. The van der Waals surface area contributed by atoms with Crippen molar-refractivity contribution in [3.8, 4) is 0 Å². The number of benzene rings is 1. The Labute approximate surface area is 92.4 Å². The van der Waals surface area contributed by atoms with Crippen LogP contribution in [0.15, 0.2) is 36.7 Å². The number of anilines is 1.